The third kappa shape index (κ3) is 4.40. The van der Waals surface area contributed by atoms with E-state index in [4.69, 9.17) is 14.2 Å². The second-order valence-electron chi connectivity index (χ2n) is 7.01. The lowest BCUT2D eigenvalue weighted by molar-refractivity contribution is 0.104. The number of likely N-dealkylation sites (N-methyl/N-ethyl adjacent to an activating group) is 1. The van der Waals surface area contributed by atoms with Crippen LogP contribution < -0.4 is 14.2 Å². The van der Waals surface area contributed by atoms with Crippen molar-refractivity contribution in [2.45, 2.75) is 34.1 Å². The van der Waals surface area contributed by atoms with Crippen LogP contribution in [-0.4, -0.2) is 50.1 Å². The standard InChI is InChI=1S/C24H31NO4/c1-5-13-28-21-16-17(27-8-4)15-19-23(21)22-18(24(19)26)10-9-11-20(22)29-14-12-25(6-2)7-3/h9-11,15-16H,5-8,12-14H2,1-4H3. The number of carbonyl (C=O) groups excluding carboxylic acids is 1. The van der Waals surface area contributed by atoms with Crippen molar-refractivity contribution in [3.63, 3.8) is 0 Å². The molecule has 1 aliphatic rings. The molecule has 0 atom stereocenters. The first kappa shape index (κ1) is 21.2. The van der Waals surface area contributed by atoms with E-state index in [9.17, 15) is 4.79 Å². The number of ketones is 1. The molecule has 0 fully saturated rings. The summed E-state index contributed by atoms with van der Waals surface area (Å²) >= 11 is 0. The SMILES string of the molecule is CCCOc1cc(OCC)cc2c1-c1c(OCCN(CC)CC)cccc1C2=O. The average molecular weight is 398 g/mol. The first-order valence-corrected chi connectivity index (χ1v) is 10.6. The fourth-order valence-corrected chi connectivity index (χ4v) is 3.67. The van der Waals surface area contributed by atoms with Gasteiger partial charge in [-0.25, -0.2) is 0 Å². The number of carbonyl (C=O) groups is 1. The summed E-state index contributed by atoms with van der Waals surface area (Å²) in [6.07, 6.45) is 0.885. The van der Waals surface area contributed by atoms with E-state index >= 15 is 0 Å². The predicted octanol–water partition coefficient (Wildman–Crippen LogP) is 4.81. The van der Waals surface area contributed by atoms with Crippen LogP contribution in [0.2, 0.25) is 0 Å². The summed E-state index contributed by atoms with van der Waals surface area (Å²) in [5.74, 6) is 2.06. The van der Waals surface area contributed by atoms with Crippen LogP contribution in [0, 0.1) is 0 Å². The molecule has 1 aliphatic carbocycles. The minimum Gasteiger partial charge on any atom is -0.494 e. The third-order valence-corrected chi connectivity index (χ3v) is 5.17. The Morgan fingerprint density at radius 2 is 1.55 bits per heavy atom. The van der Waals surface area contributed by atoms with Gasteiger partial charge >= 0.3 is 0 Å². The summed E-state index contributed by atoms with van der Waals surface area (Å²) in [5.41, 5.74) is 2.94. The van der Waals surface area contributed by atoms with Crippen LogP contribution in [0.5, 0.6) is 17.2 Å². The Bertz CT molecular complexity index is 858. The number of hydrogen-bond acceptors (Lipinski definition) is 5. The molecule has 0 bridgehead atoms. The van der Waals surface area contributed by atoms with E-state index in [1.165, 1.54) is 0 Å². The van der Waals surface area contributed by atoms with E-state index in [-0.39, 0.29) is 5.78 Å². The lowest BCUT2D eigenvalue weighted by Crippen LogP contribution is -2.28. The third-order valence-electron chi connectivity index (χ3n) is 5.17. The molecule has 0 spiro atoms. The van der Waals surface area contributed by atoms with Crippen molar-refractivity contribution in [2.24, 2.45) is 0 Å². The van der Waals surface area contributed by atoms with E-state index in [0.29, 0.717) is 42.4 Å². The van der Waals surface area contributed by atoms with Gasteiger partial charge in [-0.3, -0.25) is 4.79 Å². The zero-order chi connectivity index (χ0) is 20.8. The number of hydrogen-bond donors (Lipinski definition) is 0. The fraction of sp³-hybridized carbons (Fsp3) is 0.458. The van der Waals surface area contributed by atoms with E-state index in [1.807, 2.05) is 37.3 Å². The highest BCUT2D eigenvalue weighted by Gasteiger charge is 2.33. The Kier molecular flexibility index (Phi) is 7.15. The van der Waals surface area contributed by atoms with Crippen molar-refractivity contribution in [1.29, 1.82) is 0 Å². The normalized spacial score (nSPS) is 12.1. The number of ether oxygens (including phenoxy) is 3. The summed E-state index contributed by atoms with van der Waals surface area (Å²) in [6, 6.07) is 9.38. The van der Waals surface area contributed by atoms with Gasteiger partial charge in [0.05, 0.1) is 13.2 Å². The van der Waals surface area contributed by atoms with Gasteiger partial charge in [0, 0.05) is 34.9 Å². The molecule has 2 aromatic carbocycles. The van der Waals surface area contributed by atoms with E-state index in [1.54, 1.807) is 0 Å². The molecule has 0 radical (unpaired) electrons. The number of nitrogens with zero attached hydrogens (tertiary/aromatic N) is 1. The predicted molar refractivity (Wildman–Crippen MR) is 116 cm³/mol. The van der Waals surface area contributed by atoms with Crippen LogP contribution in [0.25, 0.3) is 11.1 Å². The molecule has 5 nitrogen and oxygen atoms in total. The monoisotopic (exact) mass is 397 g/mol. The summed E-state index contributed by atoms with van der Waals surface area (Å²) in [6.45, 7) is 12.8. The number of fused-ring (bicyclic) bond motifs is 3. The van der Waals surface area contributed by atoms with E-state index < -0.39 is 0 Å². The van der Waals surface area contributed by atoms with Gasteiger partial charge in [-0.1, -0.05) is 32.9 Å². The van der Waals surface area contributed by atoms with Gasteiger partial charge in [0.15, 0.2) is 5.78 Å². The van der Waals surface area contributed by atoms with Crippen LogP contribution in [0.3, 0.4) is 0 Å². The Hall–Kier alpha value is -2.53. The number of rotatable bonds is 11. The minimum absolute atomic E-state index is 0.00732. The van der Waals surface area contributed by atoms with E-state index in [0.717, 1.165) is 42.9 Å². The van der Waals surface area contributed by atoms with Gasteiger partial charge in [-0.2, -0.15) is 0 Å². The molecule has 0 aliphatic heterocycles. The van der Waals surface area contributed by atoms with Gasteiger partial charge in [0.2, 0.25) is 0 Å². The largest absolute Gasteiger partial charge is 0.494 e. The molecule has 0 unspecified atom stereocenters. The zero-order valence-electron chi connectivity index (χ0n) is 17.9. The summed E-state index contributed by atoms with van der Waals surface area (Å²) in [5, 5.41) is 0. The Balaban J connectivity index is 2.00. The molecule has 5 heteroatoms. The van der Waals surface area contributed by atoms with Crippen molar-refractivity contribution < 1.29 is 19.0 Å². The highest BCUT2D eigenvalue weighted by Crippen LogP contribution is 2.49. The van der Waals surface area contributed by atoms with Crippen LogP contribution in [0.1, 0.15) is 50.0 Å². The zero-order valence-corrected chi connectivity index (χ0v) is 17.9. The molecule has 0 N–H and O–H groups in total. The average Bonchev–Trinajstić information content (AvgIpc) is 3.03. The summed E-state index contributed by atoms with van der Waals surface area (Å²) in [4.78, 5) is 15.4. The maximum absolute atomic E-state index is 13.1. The molecular formula is C24H31NO4. The van der Waals surface area contributed by atoms with Gasteiger partial charge in [0.1, 0.15) is 23.9 Å². The van der Waals surface area contributed by atoms with Crippen molar-refractivity contribution in [3.8, 4) is 28.4 Å². The Labute approximate surface area is 173 Å². The summed E-state index contributed by atoms with van der Waals surface area (Å²) < 4.78 is 17.8. The smallest absolute Gasteiger partial charge is 0.194 e. The fourth-order valence-electron chi connectivity index (χ4n) is 3.67. The Morgan fingerprint density at radius 1 is 0.828 bits per heavy atom. The number of benzene rings is 2. The maximum atomic E-state index is 13.1. The quantitative estimate of drug-likeness (QED) is 0.465. The molecule has 2 aromatic rings. The molecule has 156 valence electrons. The first-order valence-electron chi connectivity index (χ1n) is 10.6. The lowest BCUT2D eigenvalue weighted by Gasteiger charge is -2.19. The van der Waals surface area contributed by atoms with Crippen LogP contribution in [0.4, 0.5) is 0 Å². The van der Waals surface area contributed by atoms with Crippen molar-refractivity contribution in [1.82, 2.24) is 4.90 Å². The first-order chi connectivity index (χ1) is 14.1. The van der Waals surface area contributed by atoms with Crippen molar-refractivity contribution >= 4 is 5.78 Å². The van der Waals surface area contributed by atoms with Crippen LogP contribution in [-0.2, 0) is 0 Å². The maximum Gasteiger partial charge on any atom is 0.194 e. The molecule has 0 saturated heterocycles. The van der Waals surface area contributed by atoms with E-state index in [2.05, 4.69) is 25.7 Å². The molecule has 0 aromatic heterocycles. The second-order valence-corrected chi connectivity index (χ2v) is 7.01. The second kappa shape index (κ2) is 9.79. The summed E-state index contributed by atoms with van der Waals surface area (Å²) in [7, 11) is 0. The van der Waals surface area contributed by atoms with Gasteiger partial charge < -0.3 is 19.1 Å². The molecule has 0 saturated carbocycles. The van der Waals surface area contributed by atoms with Crippen molar-refractivity contribution in [2.75, 3.05) is 39.5 Å². The minimum atomic E-state index is -0.00732. The lowest BCUT2D eigenvalue weighted by atomic mass is 10.0. The molecule has 0 heterocycles. The van der Waals surface area contributed by atoms with Crippen molar-refractivity contribution in [3.05, 3.63) is 41.5 Å². The highest BCUT2D eigenvalue weighted by atomic mass is 16.5. The van der Waals surface area contributed by atoms with Gasteiger partial charge in [0.25, 0.3) is 0 Å². The molecule has 29 heavy (non-hydrogen) atoms. The van der Waals surface area contributed by atoms with Gasteiger partial charge in [-0.05, 0) is 38.6 Å². The molecule has 3 rings (SSSR count). The highest BCUT2D eigenvalue weighted by molar-refractivity contribution is 6.23. The Morgan fingerprint density at radius 3 is 2.24 bits per heavy atom. The van der Waals surface area contributed by atoms with Crippen LogP contribution in [0.15, 0.2) is 30.3 Å². The topological polar surface area (TPSA) is 48.0 Å². The molecular weight excluding hydrogens is 366 g/mol. The molecule has 0 amide bonds. The van der Waals surface area contributed by atoms with Crippen LogP contribution >= 0.6 is 0 Å². The van der Waals surface area contributed by atoms with Gasteiger partial charge in [-0.15, -0.1) is 0 Å².